The molecule has 3 amide bonds. The van der Waals surface area contributed by atoms with Gasteiger partial charge in [-0.25, -0.2) is 3.53 Å². The minimum Gasteiger partial charge on any atom is -0.354 e. The summed E-state index contributed by atoms with van der Waals surface area (Å²) < 4.78 is 3.05. The second-order valence-electron chi connectivity index (χ2n) is 10.4. The number of hydrogen-bond donors (Lipinski definition) is 4. The molecule has 0 radical (unpaired) electrons. The zero-order valence-corrected chi connectivity index (χ0v) is 24.0. The molecule has 2 fully saturated rings. The van der Waals surface area contributed by atoms with Crippen molar-refractivity contribution in [2.45, 2.75) is 69.6 Å². The first-order chi connectivity index (χ1) is 18.4. The van der Waals surface area contributed by atoms with Crippen LogP contribution in [0.3, 0.4) is 0 Å². The van der Waals surface area contributed by atoms with Gasteiger partial charge in [0.1, 0.15) is 12.1 Å². The van der Waals surface area contributed by atoms with Crippen molar-refractivity contribution in [3.63, 3.8) is 0 Å². The Morgan fingerprint density at radius 1 is 1.03 bits per heavy atom. The van der Waals surface area contributed by atoms with E-state index < -0.39 is 18.1 Å². The molecule has 2 aliphatic rings. The summed E-state index contributed by atoms with van der Waals surface area (Å²) in [6, 6.07) is 16.3. The molecule has 0 aromatic heterocycles. The van der Waals surface area contributed by atoms with Crippen molar-refractivity contribution < 1.29 is 14.4 Å². The molecule has 38 heavy (non-hydrogen) atoms. The number of amides is 3. The Kier molecular flexibility index (Phi) is 10.1. The second-order valence-corrected chi connectivity index (χ2v) is 11.1. The average Bonchev–Trinajstić information content (AvgIpc) is 3.31. The molecule has 2 heterocycles. The van der Waals surface area contributed by atoms with Gasteiger partial charge in [0.05, 0.1) is 6.04 Å². The number of rotatable bonds is 10. The molecule has 5 N–H and O–H groups in total. The fourth-order valence-electron chi connectivity index (χ4n) is 5.61. The zero-order valence-electron chi connectivity index (χ0n) is 21.9. The number of hydrogen-bond acceptors (Lipinski definition) is 5. The fraction of sp³-hybridized carbons (Fsp3) is 0.483. The number of halogens is 1. The predicted molar refractivity (Wildman–Crippen MR) is 156 cm³/mol. The largest absolute Gasteiger partial charge is 0.354 e. The van der Waals surface area contributed by atoms with Crippen LogP contribution in [-0.4, -0.2) is 59.9 Å². The monoisotopic (exact) mass is 631 g/mol. The number of carbonyl (C=O) groups is 3. The lowest BCUT2D eigenvalue weighted by molar-refractivity contribution is -0.143. The molecule has 9 heteroatoms. The van der Waals surface area contributed by atoms with Crippen LogP contribution in [-0.2, 0) is 27.2 Å². The summed E-state index contributed by atoms with van der Waals surface area (Å²) in [7, 11) is 0. The summed E-state index contributed by atoms with van der Waals surface area (Å²) in [4.78, 5) is 42.2. The third-order valence-corrected chi connectivity index (χ3v) is 8.58. The van der Waals surface area contributed by atoms with Gasteiger partial charge in [-0.15, -0.1) is 0 Å². The number of carbonyl (C=O) groups excluding carboxylic acids is 3. The van der Waals surface area contributed by atoms with E-state index in [1.807, 2.05) is 60.1 Å². The van der Waals surface area contributed by atoms with E-state index in [0.717, 1.165) is 36.8 Å². The highest BCUT2D eigenvalue weighted by molar-refractivity contribution is 14.1. The van der Waals surface area contributed by atoms with Gasteiger partial charge in [0.15, 0.2) is 0 Å². The molecule has 0 spiro atoms. The van der Waals surface area contributed by atoms with Gasteiger partial charge in [-0.05, 0) is 63.1 Å². The average molecular weight is 632 g/mol. The minimum atomic E-state index is -0.749. The van der Waals surface area contributed by atoms with Crippen LogP contribution in [0.2, 0.25) is 0 Å². The molecule has 0 aliphatic carbocycles. The lowest BCUT2D eigenvalue weighted by Crippen LogP contribution is -2.59. The summed E-state index contributed by atoms with van der Waals surface area (Å²) >= 11 is 1.98. The molecule has 8 nitrogen and oxygen atoms in total. The molecule has 0 saturated carbocycles. The van der Waals surface area contributed by atoms with Crippen LogP contribution < -0.4 is 19.9 Å². The molecule has 204 valence electrons. The van der Waals surface area contributed by atoms with Gasteiger partial charge >= 0.3 is 0 Å². The van der Waals surface area contributed by atoms with E-state index in [2.05, 4.69) is 38.4 Å². The van der Waals surface area contributed by atoms with Crippen LogP contribution in [0.1, 0.15) is 42.4 Å². The molecule has 2 aliphatic heterocycles. The Balaban J connectivity index is 1.42. The first kappa shape index (κ1) is 28.5. The highest BCUT2D eigenvalue weighted by Gasteiger charge is 2.47. The van der Waals surface area contributed by atoms with Crippen molar-refractivity contribution in [2.75, 3.05) is 13.1 Å². The highest BCUT2D eigenvalue weighted by atomic mass is 127. The Labute approximate surface area is 239 Å². The van der Waals surface area contributed by atoms with Crippen LogP contribution in [0, 0.1) is 12.8 Å². The van der Waals surface area contributed by atoms with E-state index in [1.165, 1.54) is 5.56 Å². The summed E-state index contributed by atoms with van der Waals surface area (Å²) in [6.07, 6.45) is 4.17. The van der Waals surface area contributed by atoms with Gasteiger partial charge in [0.2, 0.25) is 17.7 Å². The molecule has 2 saturated heterocycles. The van der Waals surface area contributed by atoms with E-state index in [-0.39, 0.29) is 29.7 Å². The SMILES string of the molecule is Cc1ccc(CCNC(=O)[C@@H]2CCC3CC[C@H](CN)[C@H](NC(=O)C(Cc4ccccc4)NI)C(=O)N32)cc1. The number of aryl methyl sites for hydroxylation is 1. The van der Waals surface area contributed by atoms with Crippen molar-refractivity contribution in [2.24, 2.45) is 11.7 Å². The molecule has 5 atom stereocenters. The van der Waals surface area contributed by atoms with Crippen molar-refractivity contribution in [3.8, 4) is 0 Å². The number of benzene rings is 2. The van der Waals surface area contributed by atoms with E-state index in [1.54, 1.807) is 4.90 Å². The summed E-state index contributed by atoms with van der Waals surface area (Å²) in [5.74, 6) is -0.731. The van der Waals surface area contributed by atoms with Gasteiger partial charge in [-0.2, -0.15) is 0 Å². The third-order valence-electron chi connectivity index (χ3n) is 7.83. The first-order valence-electron chi connectivity index (χ1n) is 13.5. The normalized spacial score (nSPS) is 23.9. The number of nitrogens with two attached hydrogens (primary N) is 1. The van der Waals surface area contributed by atoms with Crippen molar-refractivity contribution in [3.05, 3.63) is 71.3 Å². The molecule has 2 unspecified atom stereocenters. The molecule has 2 aromatic rings. The van der Waals surface area contributed by atoms with Crippen LogP contribution in [0.25, 0.3) is 0 Å². The first-order valence-corrected chi connectivity index (χ1v) is 14.5. The Morgan fingerprint density at radius 2 is 1.74 bits per heavy atom. The topological polar surface area (TPSA) is 117 Å². The maximum absolute atomic E-state index is 13.9. The fourth-order valence-corrected chi connectivity index (χ4v) is 6.12. The highest BCUT2D eigenvalue weighted by Crippen LogP contribution is 2.34. The molecule has 4 rings (SSSR count). The van der Waals surface area contributed by atoms with Gasteiger partial charge in [0, 0.05) is 41.4 Å². The summed E-state index contributed by atoms with van der Waals surface area (Å²) in [5, 5.41) is 6.05. The molecule has 2 aromatic carbocycles. The van der Waals surface area contributed by atoms with E-state index in [0.29, 0.717) is 25.9 Å². The van der Waals surface area contributed by atoms with Crippen molar-refractivity contribution in [1.82, 2.24) is 19.1 Å². The van der Waals surface area contributed by atoms with Crippen LogP contribution in [0.4, 0.5) is 0 Å². The molecular formula is C29H38IN5O3. The van der Waals surface area contributed by atoms with Crippen LogP contribution in [0.5, 0.6) is 0 Å². The van der Waals surface area contributed by atoms with E-state index in [4.69, 9.17) is 5.73 Å². The van der Waals surface area contributed by atoms with Crippen molar-refractivity contribution >= 4 is 40.6 Å². The minimum absolute atomic E-state index is 0.00545. The smallest absolute Gasteiger partial charge is 0.246 e. The van der Waals surface area contributed by atoms with E-state index >= 15 is 0 Å². The summed E-state index contributed by atoms with van der Waals surface area (Å²) in [5.41, 5.74) is 9.48. The quantitative estimate of drug-likeness (QED) is 0.238. The Bertz CT molecular complexity index is 1100. The lowest BCUT2D eigenvalue weighted by atomic mass is 9.93. The maximum atomic E-state index is 13.9. The zero-order chi connectivity index (χ0) is 27.1. The Morgan fingerprint density at radius 3 is 2.42 bits per heavy atom. The Hall–Kier alpha value is -2.50. The van der Waals surface area contributed by atoms with Gasteiger partial charge in [-0.3, -0.25) is 14.4 Å². The molecule has 0 bridgehead atoms. The number of fused-ring (bicyclic) bond motifs is 1. The van der Waals surface area contributed by atoms with Gasteiger partial charge in [0.25, 0.3) is 0 Å². The predicted octanol–water partition coefficient (Wildman–Crippen LogP) is 2.42. The van der Waals surface area contributed by atoms with E-state index in [9.17, 15) is 14.4 Å². The maximum Gasteiger partial charge on any atom is 0.246 e. The van der Waals surface area contributed by atoms with Crippen LogP contribution >= 0.6 is 22.9 Å². The van der Waals surface area contributed by atoms with Gasteiger partial charge < -0.3 is 21.3 Å². The van der Waals surface area contributed by atoms with Crippen molar-refractivity contribution in [1.29, 1.82) is 0 Å². The molecular weight excluding hydrogens is 593 g/mol. The second kappa shape index (κ2) is 13.5. The number of nitrogens with one attached hydrogen (secondary N) is 3. The van der Waals surface area contributed by atoms with Gasteiger partial charge in [-0.1, -0.05) is 60.2 Å². The summed E-state index contributed by atoms with van der Waals surface area (Å²) in [6.45, 7) is 2.86. The number of nitrogens with zero attached hydrogens (tertiary/aromatic N) is 1. The lowest BCUT2D eigenvalue weighted by Gasteiger charge is -2.32. The van der Waals surface area contributed by atoms with Crippen LogP contribution in [0.15, 0.2) is 54.6 Å². The standard InChI is InChI=1S/C29H38IN5O3/c1-19-7-9-20(10-8-19)15-16-32-28(37)25-14-13-23-12-11-22(18-31)26(29(38)35(23)25)33-27(36)24(34-30)17-21-5-3-2-4-6-21/h2-10,22-26,34H,11-18,31H2,1H3,(H,32,37)(H,33,36)/t22-,23?,24?,25+,26+/m1/s1. The third kappa shape index (κ3) is 6.92.